The fourth-order valence-electron chi connectivity index (χ4n) is 1.36. The Kier molecular flexibility index (Phi) is 2.64. The van der Waals surface area contributed by atoms with Crippen LogP contribution in [0.25, 0.3) is 0 Å². The first-order valence-electron chi connectivity index (χ1n) is 4.44. The van der Waals surface area contributed by atoms with Crippen LogP contribution in [-0.2, 0) is 17.3 Å². The van der Waals surface area contributed by atoms with E-state index in [9.17, 15) is 13.2 Å². The van der Waals surface area contributed by atoms with E-state index in [0.29, 0.717) is 13.0 Å². The molecule has 0 aliphatic carbocycles. The van der Waals surface area contributed by atoms with Crippen LogP contribution in [0.2, 0.25) is 5.02 Å². The Balaban J connectivity index is 2.21. The van der Waals surface area contributed by atoms with Gasteiger partial charge >= 0.3 is 6.18 Å². The summed E-state index contributed by atoms with van der Waals surface area (Å²) in [5.74, 6) is 0. The molecule has 82 valence electrons. The van der Waals surface area contributed by atoms with Crippen LogP contribution < -0.4 is 0 Å². The zero-order valence-corrected chi connectivity index (χ0v) is 8.40. The molecule has 1 unspecified atom stereocenters. The van der Waals surface area contributed by atoms with Gasteiger partial charge in [0.05, 0.1) is 23.3 Å². The lowest BCUT2D eigenvalue weighted by Crippen LogP contribution is -2.06. The minimum absolute atomic E-state index is 0.151. The van der Waals surface area contributed by atoms with Gasteiger partial charge in [-0.25, -0.2) is 0 Å². The fourth-order valence-corrected chi connectivity index (χ4v) is 1.67. The Bertz CT molecular complexity index is 371. The number of epoxide rings is 1. The van der Waals surface area contributed by atoms with Crippen molar-refractivity contribution in [2.75, 3.05) is 6.61 Å². The molecule has 0 amide bonds. The molecule has 5 heteroatoms. The van der Waals surface area contributed by atoms with Gasteiger partial charge in [-0.3, -0.25) is 0 Å². The van der Waals surface area contributed by atoms with Crippen LogP contribution >= 0.6 is 11.6 Å². The van der Waals surface area contributed by atoms with Crippen molar-refractivity contribution in [1.29, 1.82) is 0 Å². The Morgan fingerprint density at radius 3 is 2.53 bits per heavy atom. The summed E-state index contributed by atoms with van der Waals surface area (Å²) in [5, 5.41) is -0.249. The SMILES string of the molecule is FC(F)(F)c1ccc(CC2CO2)cc1Cl. The number of hydrogen-bond acceptors (Lipinski definition) is 1. The summed E-state index contributed by atoms with van der Waals surface area (Å²) in [4.78, 5) is 0. The second-order valence-corrected chi connectivity index (χ2v) is 3.88. The molecule has 1 heterocycles. The van der Waals surface area contributed by atoms with Gasteiger partial charge in [0.15, 0.2) is 0 Å². The molecule has 0 N–H and O–H groups in total. The highest BCUT2D eigenvalue weighted by Gasteiger charge is 2.33. The van der Waals surface area contributed by atoms with E-state index >= 15 is 0 Å². The molecule has 1 aliphatic rings. The number of hydrogen-bond donors (Lipinski definition) is 0. The van der Waals surface area contributed by atoms with Crippen LogP contribution in [0.5, 0.6) is 0 Å². The lowest BCUT2D eigenvalue weighted by Gasteiger charge is -2.09. The van der Waals surface area contributed by atoms with E-state index in [1.54, 1.807) is 0 Å². The molecular formula is C10H8ClF3O. The molecule has 1 fully saturated rings. The van der Waals surface area contributed by atoms with Crippen molar-refractivity contribution in [3.05, 3.63) is 34.3 Å². The second kappa shape index (κ2) is 3.68. The molecule has 1 saturated heterocycles. The lowest BCUT2D eigenvalue weighted by molar-refractivity contribution is -0.137. The number of halogens is 4. The molecule has 1 aromatic rings. The summed E-state index contributed by atoms with van der Waals surface area (Å²) in [6.45, 7) is 0.679. The maximum absolute atomic E-state index is 12.3. The first-order chi connectivity index (χ1) is 6.97. The maximum atomic E-state index is 12.3. The quantitative estimate of drug-likeness (QED) is 0.718. The molecule has 15 heavy (non-hydrogen) atoms. The highest BCUT2D eigenvalue weighted by Crippen LogP contribution is 2.35. The van der Waals surface area contributed by atoms with Crippen molar-refractivity contribution in [2.45, 2.75) is 18.7 Å². The number of rotatable bonds is 2. The zero-order valence-electron chi connectivity index (χ0n) is 7.64. The van der Waals surface area contributed by atoms with Crippen LogP contribution in [0.3, 0.4) is 0 Å². The van der Waals surface area contributed by atoms with Crippen LogP contribution in [0.4, 0.5) is 13.2 Å². The van der Waals surface area contributed by atoms with Gasteiger partial charge in [0, 0.05) is 6.42 Å². The summed E-state index contributed by atoms with van der Waals surface area (Å²) in [5.41, 5.74) is -0.0138. The monoisotopic (exact) mass is 236 g/mol. The smallest absolute Gasteiger partial charge is 0.373 e. The summed E-state index contributed by atoms with van der Waals surface area (Å²) in [6, 6.07) is 3.81. The molecule has 1 aliphatic heterocycles. The third kappa shape index (κ3) is 2.63. The second-order valence-electron chi connectivity index (χ2n) is 3.47. The minimum atomic E-state index is -4.38. The van der Waals surface area contributed by atoms with Gasteiger partial charge in [0.1, 0.15) is 0 Å². The molecule has 1 nitrogen and oxygen atoms in total. The van der Waals surface area contributed by atoms with E-state index in [1.165, 1.54) is 12.1 Å². The van der Waals surface area contributed by atoms with Gasteiger partial charge in [-0.1, -0.05) is 17.7 Å². The molecule has 2 rings (SSSR count). The lowest BCUT2D eigenvalue weighted by atomic mass is 10.1. The molecule has 1 atom stereocenters. The zero-order chi connectivity index (χ0) is 11.1. The van der Waals surface area contributed by atoms with Gasteiger partial charge in [-0.2, -0.15) is 13.2 Å². The third-order valence-corrected chi connectivity index (χ3v) is 2.52. The predicted octanol–water partition coefficient (Wildman–Crippen LogP) is 3.30. The fraction of sp³-hybridized carbons (Fsp3) is 0.400. The molecule has 0 saturated carbocycles. The summed E-state index contributed by atoms with van der Waals surface area (Å²) in [7, 11) is 0. The highest BCUT2D eigenvalue weighted by atomic mass is 35.5. The van der Waals surface area contributed by atoms with E-state index < -0.39 is 11.7 Å². The van der Waals surface area contributed by atoms with Crippen molar-refractivity contribution in [3.8, 4) is 0 Å². The standard InChI is InChI=1S/C10H8ClF3O/c11-9-4-6(3-7-5-15-7)1-2-8(9)10(12,13)14/h1-2,4,7H,3,5H2. The van der Waals surface area contributed by atoms with E-state index in [4.69, 9.17) is 16.3 Å². The average molecular weight is 237 g/mol. The summed E-state index contributed by atoms with van der Waals surface area (Å²) < 4.78 is 42.0. The Labute approximate surface area is 89.8 Å². The molecule has 0 spiro atoms. The van der Waals surface area contributed by atoms with Crippen molar-refractivity contribution in [1.82, 2.24) is 0 Å². The van der Waals surface area contributed by atoms with Gasteiger partial charge in [-0.05, 0) is 17.7 Å². The van der Waals surface area contributed by atoms with Crippen LogP contribution in [-0.4, -0.2) is 12.7 Å². The number of alkyl halides is 3. The predicted molar refractivity (Wildman–Crippen MR) is 49.9 cm³/mol. The molecule has 1 aromatic carbocycles. The van der Waals surface area contributed by atoms with E-state index in [0.717, 1.165) is 11.6 Å². The van der Waals surface area contributed by atoms with E-state index in [2.05, 4.69) is 0 Å². The maximum Gasteiger partial charge on any atom is 0.417 e. The van der Waals surface area contributed by atoms with Crippen molar-refractivity contribution >= 4 is 11.6 Å². The minimum Gasteiger partial charge on any atom is -0.373 e. The molecule has 0 aromatic heterocycles. The first kappa shape index (κ1) is 10.8. The van der Waals surface area contributed by atoms with Crippen LogP contribution in [0.15, 0.2) is 18.2 Å². The normalized spacial score (nSPS) is 20.4. The number of benzene rings is 1. The largest absolute Gasteiger partial charge is 0.417 e. The Morgan fingerprint density at radius 2 is 2.07 bits per heavy atom. The van der Waals surface area contributed by atoms with Crippen LogP contribution in [0, 0.1) is 0 Å². The van der Waals surface area contributed by atoms with Gasteiger partial charge in [0.2, 0.25) is 0 Å². The van der Waals surface area contributed by atoms with Crippen molar-refractivity contribution < 1.29 is 17.9 Å². The Morgan fingerprint density at radius 1 is 1.40 bits per heavy atom. The number of ether oxygens (including phenoxy) is 1. The molecular weight excluding hydrogens is 229 g/mol. The Hall–Kier alpha value is -0.740. The van der Waals surface area contributed by atoms with Gasteiger partial charge in [0.25, 0.3) is 0 Å². The molecule has 0 bridgehead atoms. The topological polar surface area (TPSA) is 12.5 Å². The average Bonchev–Trinajstić information content (AvgIpc) is 2.85. The van der Waals surface area contributed by atoms with E-state index in [1.807, 2.05) is 0 Å². The molecule has 0 radical (unpaired) electrons. The first-order valence-corrected chi connectivity index (χ1v) is 4.82. The van der Waals surface area contributed by atoms with Crippen molar-refractivity contribution in [3.63, 3.8) is 0 Å². The summed E-state index contributed by atoms with van der Waals surface area (Å²) >= 11 is 5.56. The summed E-state index contributed by atoms with van der Waals surface area (Å²) in [6.07, 6.45) is -3.61. The van der Waals surface area contributed by atoms with Gasteiger partial charge < -0.3 is 4.74 Å². The third-order valence-electron chi connectivity index (χ3n) is 2.20. The van der Waals surface area contributed by atoms with E-state index in [-0.39, 0.29) is 11.1 Å². The van der Waals surface area contributed by atoms with Gasteiger partial charge in [-0.15, -0.1) is 0 Å². The highest BCUT2D eigenvalue weighted by molar-refractivity contribution is 6.31. The van der Waals surface area contributed by atoms with Crippen LogP contribution in [0.1, 0.15) is 11.1 Å². The van der Waals surface area contributed by atoms with Crippen molar-refractivity contribution in [2.24, 2.45) is 0 Å².